The molecule has 1 aliphatic heterocycles. The fourth-order valence-corrected chi connectivity index (χ4v) is 2.66. The van der Waals surface area contributed by atoms with Gasteiger partial charge in [0.1, 0.15) is 6.23 Å². The van der Waals surface area contributed by atoms with Crippen LogP contribution in [0.25, 0.3) is 10.8 Å². The molecule has 0 aliphatic carbocycles. The van der Waals surface area contributed by atoms with Crippen molar-refractivity contribution in [3.8, 4) is 0 Å². The monoisotopic (exact) mass is 227 g/mol. The number of hydrogen-bond donors (Lipinski definition) is 2. The van der Waals surface area contributed by atoms with Gasteiger partial charge in [-0.25, -0.2) is 0 Å². The average molecular weight is 227 g/mol. The SMILES string of the molecule is OC1NCCCC1c1ccc2ccccc2c1. The number of nitrogens with one attached hydrogen (secondary N) is 1. The minimum Gasteiger partial charge on any atom is -0.378 e. The number of rotatable bonds is 1. The Morgan fingerprint density at radius 3 is 2.71 bits per heavy atom. The van der Waals surface area contributed by atoms with E-state index < -0.39 is 6.23 Å². The lowest BCUT2D eigenvalue weighted by molar-refractivity contribution is 0.0845. The molecule has 0 saturated carbocycles. The first kappa shape index (κ1) is 10.8. The standard InChI is InChI=1S/C15H17NO/c17-15-14(6-3-9-16-15)13-8-7-11-4-1-2-5-12(11)10-13/h1-2,4-5,7-8,10,14-17H,3,6,9H2. The minimum atomic E-state index is -0.398. The first-order valence-corrected chi connectivity index (χ1v) is 6.25. The fraction of sp³-hybridized carbons (Fsp3) is 0.333. The van der Waals surface area contributed by atoms with Gasteiger partial charge >= 0.3 is 0 Å². The highest BCUT2D eigenvalue weighted by molar-refractivity contribution is 5.83. The summed E-state index contributed by atoms with van der Waals surface area (Å²) in [5.41, 5.74) is 1.24. The lowest BCUT2D eigenvalue weighted by Crippen LogP contribution is -2.39. The van der Waals surface area contributed by atoms with E-state index >= 15 is 0 Å². The van der Waals surface area contributed by atoms with Gasteiger partial charge in [0.05, 0.1) is 0 Å². The highest BCUT2D eigenvalue weighted by Gasteiger charge is 2.23. The number of aliphatic hydroxyl groups excluding tert-OH is 1. The van der Waals surface area contributed by atoms with Gasteiger partial charge in [0, 0.05) is 5.92 Å². The second-order valence-electron chi connectivity index (χ2n) is 4.75. The van der Waals surface area contributed by atoms with E-state index in [-0.39, 0.29) is 5.92 Å². The quantitative estimate of drug-likeness (QED) is 0.785. The third-order valence-electron chi connectivity index (χ3n) is 3.63. The van der Waals surface area contributed by atoms with Crippen molar-refractivity contribution in [1.82, 2.24) is 5.32 Å². The van der Waals surface area contributed by atoms with Crippen LogP contribution in [-0.4, -0.2) is 17.9 Å². The third-order valence-corrected chi connectivity index (χ3v) is 3.63. The van der Waals surface area contributed by atoms with Crippen molar-refractivity contribution in [2.45, 2.75) is 25.0 Å². The van der Waals surface area contributed by atoms with Crippen LogP contribution in [0.1, 0.15) is 24.3 Å². The molecule has 2 unspecified atom stereocenters. The van der Waals surface area contributed by atoms with Gasteiger partial charge in [0.2, 0.25) is 0 Å². The summed E-state index contributed by atoms with van der Waals surface area (Å²) in [7, 11) is 0. The van der Waals surface area contributed by atoms with Crippen LogP contribution in [0.15, 0.2) is 42.5 Å². The maximum absolute atomic E-state index is 9.98. The van der Waals surface area contributed by atoms with E-state index in [1.165, 1.54) is 16.3 Å². The largest absolute Gasteiger partial charge is 0.378 e. The summed E-state index contributed by atoms with van der Waals surface area (Å²) >= 11 is 0. The molecule has 2 atom stereocenters. The molecule has 3 rings (SSSR count). The van der Waals surface area contributed by atoms with E-state index in [4.69, 9.17) is 0 Å². The molecule has 17 heavy (non-hydrogen) atoms. The molecule has 0 amide bonds. The van der Waals surface area contributed by atoms with Crippen LogP contribution in [0, 0.1) is 0 Å². The molecule has 1 heterocycles. The van der Waals surface area contributed by atoms with Crippen LogP contribution in [-0.2, 0) is 0 Å². The zero-order valence-corrected chi connectivity index (χ0v) is 9.76. The Morgan fingerprint density at radius 1 is 1.06 bits per heavy atom. The number of piperidine rings is 1. The average Bonchev–Trinajstić information content (AvgIpc) is 2.39. The van der Waals surface area contributed by atoms with Gasteiger partial charge < -0.3 is 5.11 Å². The lowest BCUT2D eigenvalue weighted by atomic mass is 9.89. The van der Waals surface area contributed by atoms with Gasteiger partial charge in [-0.3, -0.25) is 5.32 Å². The Hall–Kier alpha value is -1.38. The van der Waals surface area contributed by atoms with Crippen LogP contribution in [0.4, 0.5) is 0 Å². The molecule has 0 radical (unpaired) electrons. The molecule has 2 nitrogen and oxygen atoms in total. The summed E-state index contributed by atoms with van der Waals surface area (Å²) in [5.74, 6) is 0.230. The van der Waals surface area contributed by atoms with Crippen LogP contribution >= 0.6 is 0 Å². The van der Waals surface area contributed by atoms with Gasteiger partial charge in [-0.1, -0.05) is 42.5 Å². The summed E-state index contributed by atoms with van der Waals surface area (Å²) in [6, 6.07) is 14.8. The van der Waals surface area contributed by atoms with Gasteiger partial charge in [-0.2, -0.15) is 0 Å². The maximum atomic E-state index is 9.98. The second-order valence-corrected chi connectivity index (χ2v) is 4.75. The Morgan fingerprint density at radius 2 is 1.88 bits per heavy atom. The highest BCUT2D eigenvalue weighted by Crippen LogP contribution is 2.29. The van der Waals surface area contributed by atoms with Crippen LogP contribution in [0.3, 0.4) is 0 Å². The molecule has 88 valence electrons. The number of benzene rings is 2. The Kier molecular flexibility index (Phi) is 2.83. The molecule has 2 aromatic rings. The molecule has 2 N–H and O–H groups in total. The second kappa shape index (κ2) is 4.47. The molecule has 1 aliphatic rings. The van der Waals surface area contributed by atoms with Gasteiger partial charge in [0.15, 0.2) is 0 Å². The lowest BCUT2D eigenvalue weighted by Gasteiger charge is -2.29. The molecule has 0 bridgehead atoms. The first-order valence-electron chi connectivity index (χ1n) is 6.25. The van der Waals surface area contributed by atoms with Crippen molar-refractivity contribution in [3.05, 3.63) is 48.0 Å². The number of fused-ring (bicyclic) bond motifs is 1. The Bertz CT molecular complexity index is 523. The minimum absolute atomic E-state index is 0.230. The van der Waals surface area contributed by atoms with Crippen molar-refractivity contribution < 1.29 is 5.11 Å². The maximum Gasteiger partial charge on any atom is 0.111 e. The van der Waals surface area contributed by atoms with Crippen molar-refractivity contribution in [2.24, 2.45) is 0 Å². The predicted octanol–water partition coefficient (Wildman–Crippen LogP) is 2.63. The Labute approximate surface area is 101 Å². The molecule has 2 heteroatoms. The van der Waals surface area contributed by atoms with Crippen molar-refractivity contribution in [3.63, 3.8) is 0 Å². The summed E-state index contributed by atoms with van der Waals surface area (Å²) in [4.78, 5) is 0. The normalized spacial score (nSPS) is 25.0. The fourth-order valence-electron chi connectivity index (χ4n) is 2.66. The molecule has 2 aromatic carbocycles. The smallest absolute Gasteiger partial charge is 0.111 e. The van der Waals surface area contributed by atoms with Crippen LogP contribution < -0.4 is 5.32 Å². The van der Waals surface area contributed by atoms with Crippen LogP contribution in [0.5, 0.6) is 0 Å². The van der Waals surface area contributed by atoms with Crippen molar-refractivity contribution in [1.29, 1.82) is 0 Å². The highest BCUT2D eigenvalue weighted by atomic mass is 16.3. The van der Waals surface area contributed by atoms with E-state index in [1.54, 1.807) is 0 Å². The van der Waals surface area contributed by atoms with Crippen molar-refractivity contribution in [2.75, 3.05) is 6.54 Å². The van der Waals surface area contributed by atoms with Gasteiger partial charge in [-0.05, 0) is 35.7 Å². The third kappa shape index (κ3) is 2.06. The van der Waals surface area contributed by atoms with E-state index in [2.05, 4.69) is 47.8 Å². The topological polar surface area (TPSA) is 32.3 Å². The van der Waals surface area contributed by atoms with E-state index in [0.29, 0.717) is 0 Å². The summed E-state index contributed by atoms with van der Waals surface area (Å²) < 4.78 is 0. The van der Waals surface area contributed by atoms with Crippen LogP contribution in [0.2, 0.25) is 0 Å². The van der Waals surface area contributed by atoms with E-state index in [9.17, 15) is 5.11 Å². The van der Waals surface area contributed by atoms with Crippen molar-refractivity contribution >= 4 is 10.8 Å². The molecule has 1 fully saturated rings. The molecular weight excluding hydrogens is 210 g/mol. The molecular formula is C15H17NO. The predicted molar refractivity (Wildman–Crippen MR) is 69.9 cm³/mol. The zero-order valence-electron chi connectivity index (χ0n) is 9.76. The molecule has 0 spiro atoms. The van der Waals surface area contributed by atoms with Gasteiger partial charge in [0.25, 0.3) is 0 Å². The van der Waals surface area contributed by atoms with E-state index in [0.717, 1.165) is 19.4 Å². The number of aliphatic hydroxyl groups is 1. The Balaban J connectivity index is 1.99. The summed E-state index contributed by atoms with van der Waals surface area (Å²) in [5, 5.41) is 15.6. The molecule has 1 saturated heterocycles. The molecule has 0 aromatic heterocycles. The summed E-state index contributed by atoms with van der Waals surface area (Å²) in [6.45, 7) is 0.922. The van der Waals surface area contributed by atoms with E-state index in [1.807, 2.05) is 0 Å². The zero-order chi connectivity index (χ0) is 11.7. The van der Waals surface area contributed by atoms with Gasteiger partial charge in [-0.15, -0.1) is 0 Å². The number of hydrogen-bond acceptors (Lipinski definition) is 2. The summed E-state index contributed by atoms with van der Waals surface area (Å²) in [6.07, 6.45) is 1.80. The first-order chi connectivity index (χ1) is 8.34.